The number of pyridine rings is 1. The Morgan fingerprint density at radius 1 is 1.11 bits per heavy atom. The Bertz CT molecular complexity index is 1140. The average Bonchev–Trinajstić information content (AvgIpc) is 3.16. The summed E-state index contributed by atoms with van der Waals surface area (Å²) >= 11 is 5.96. The second-order valence-electron chi connectivity index (χ2n) is 6.21. The highest BCUT2D eigenvalue weighted by molar-refractivity contribution is 6.30. The Kier molecular flexibility index (Phi) is 4.95. The third kappa shape index (κ3) is 3.68. The Labute approximate surface area is 166 Å². The SMILES string of the molecule is COc1cccc(CNC(=O)c2ccc3nnc(-c4ccc(Cl)cc4)n3c2)c1. The fourth-order valence-corrected chi connectivity index (χ4v) is 3.01. The van der Waals surface area contributed by atoms with E-state index >= 15 is 0 Å². The van der Waals surface area contributed by atoms with Crippen molar-refractivity contribution in [3.63, 3.8) is 0 Å². The predicted octanol–water partition coefficient (Wildman–Crippen LogP) is 3.99. The smallest absolute Gasteiger partial charge is 0.253 e. The maximum Gasteiger partial charge on any atom is 0.253 e. The fraction of sp³-hybridized carbons (Fsp3) is 0.0952. The van der Waals surface area contributed by atoms with Crippen LogP contribution in [0.5, 0.6) is 5.75 Å². The van der Waals surface area contributed by atoms with Crippen LogP contribution in [0.2, 0.25) is 5.02 Å². The molecular weight excluding hydrogens is 376 g/mol. The number of hydrogen-bond donors (Lipinski definition) is 1. The van der Waals surface area contributed by atoms with Crippen LogP contribution in [-0.2, 0) is 6.54 Å². The molecule has 0 radical (unpaired) electrons. The summed E-state index contributed by atoms with van der Waals surface area (Å²) in [7, 11) is 1.62. The number of fused-ring (bicyclic) bond motifs is 1. The maximum absolute atomic E-state index is 12.6. The van der Waals surface area contributed by atoms with E-state index in [2.05, 4.69) is 15.5 Å². The molecule has 0 atom stereocenters. The lowest BCUT2D eigenvalue weighted by molar-refractivity contribution is 0.0950. The molecule has 4 aromatic rings. The van der Waals surface area contributed by atoms with E-state index in [9.17, 15) is 4.79 Å². The van der Waals surface area contributed by atoms with Gasteiger partial charge < -0.3 is 10.1 Å². The van der Waals surface area contributed by atoms with E-state index in [0.717, 1.165) is 16.9 Å². The number of carbonyl (C=O) groups excluding carboxylic acids is 1. The van der Waals surface area contributed by atoms with Crippen molar-refractivity contribution in [1.29, 1.82) is 0 Å². The molecule has 0 aliphatic heterocycles. The molecule has 1 N–H and O–H groups in total. The fourth-order valence-electron chi connectivity index (χ4n) is 2.89. The van der Waals surface area contributed by atoms with Gasteiger partial charge in [0.2, 0.25) is 0 Å². The zero-order chi connectivity index (χ0) is 19.5. The number of nitrogens with zero attached hydrogens (tertiary/aromatic N) is 3. The molecule has 0 saturated heterocycles. The van der Waals surface area contributed by atoms with Gasteiger partial charge in [0.15, 0.2) is 11.5 Å². The van der Waals surface area contributed by atoms with E-state index in [1.165, 1.54) is 0 Å². The number of methoxy groups -OCH3 is 1. The molecule has 2 heterocycles. The molecule has 2 aromatic carbocycles. The van der Waals surface area contributed by atoms with E-state index in [4.69, 9.17) is 16.3 Å². The van der Waals surface area contributed by atoms with Gasteiger partial charge in [0.25, 0.3) is 5.91 Å². The maximum atomic E-state index is 12.6. The summed E-state index contributed by atoms with van der Waals surface area (Å²) in [5.74, 6) is 1.22. The minimum Gasteiger partial charge on any atom is -0.497 e. The molecule has 1 amide bonds. The van der Waals surface area contributed by atoms with Crippen LogP contribution in [0, 0.1) is 0 Å². The number of rotatable bonds is 5. The second-order valence-corrected chi connectivity index (χ2v) is 6.65. The molecule has 0 unspecified atom stereocenters. The molecule has 0 saturated carbocycles. The summed E-state index contributed by atoms with van der Waals surface area (Å²) in [5.41, 5.74) is 3.01. The molecule has 28 heavy (non-hydrogen) atoms. The van der Waals surface area contributed by atoms with Crippen LogP contribution in [-0.4, -0.2) is 27.6 Å². The van der Waals surface area contributed by atoms with Gasteiger partial charge in [0.05, 0.1) is 12.7 Å². The van der Waals surface area contributed by atoms with Gasteiger partial charge in [0, 0.05) is 23.3 Å². The van der Waals surface area contributed by atoms with Crippen LogP contribution in [0.3, 0.4) is 0 Å². The third-order valence-corrected chi connectivity index (χ3v) is 4.61. The number of amides is 1. The number of hydrogen-bond acceptors (Lipinski definition) is 4. The highest BCUT2D eigenvalue weighted by Gasteiger charge is 2.12. The second kappa shape index (κ2) is 7.70. The Balaban J connectivity index is 1.57. The number of carbonyl (C=O) groups is 1. The van der Waals surface area contributed by atoms with Crippen LogP contribution in [0.15, 0.2) is 66.9 Å². The van der Waals surface area contributed by atoms with Gasteiger partial charge in [0.1, 0.15) is 5.75 Å². The lowest BCUT2D eigenvalue weighted by atomic mass is 10.2. The summed E-state index contributed by atoms with van der Waals surface area (Å²) in [6, 6.07) is 18.4. The van der Waals surface area contributed by atoms with E-state index in [0.29, 0.717) is 28.6 Å². The van der Waals surface area contributed by atoms with Gasteiger partial charge in [-0.1, -0.05) is 23.7 Å². The van der Waals surface area contributed by atoms with Crippen LogP contribution in [0.25, 0.3) is 17.0 Å². The molecule has 4 rings (SSSR count). The molecule has 0 spiro atoms. The van der Waals surface area contributed by atoms with Gasteiger partial charge in [-0.3, -0.25) is 9.20 Å². The molecule has 0 aliphatic carbocycles. The standard InChI is InChI=1S/C21H17ClN4O2/c1-28-18-4-2-3-14(11-18)12-23-21(27)16-7-10-19-24-25-20(26(19)13-16)15-5-8-17(22)9-6-15/h2-11,13H,12H2,1H3,(H,23,27). The predicted molar refractivity (Wildman–Crippen MR) is 108 cm³/mol. The van der Waals surface area contributed by atoms with Crippen molar-refractivity contribution >= 4 is 23.2 Å². The first-order valence-corrected chi connectivity index (χ1v) is 9.04. The van der Waals surface area contributed by atoms with Crippen molar-refractivity contribution < 1.29 is 9.53 Å². The summed E-state index contributed by atoms with van der Waals surface area (Å²) in [6.45, 7) is 0.403. The normalized spacial score (nSPS) is 10.8. The lowest BCUT2D eigenvalue weighted by Crippen LogP contribution is -2.23. The molecule has 7 heteroatoms. The van der Waals surface area contributed by atoms with Crippen LogP contribution < -0.4 is 10.1 Å². The molecule has 0 fully saturated rings. The zero-order valence-corrected chi connectivity index (χ0v) is 15.8. The topological polar surface area (TPSA) is 68.5 Å². The monoisotopic (exact) mass is 392 g/mol. The average molecular weight is 393 g/mol. The van der Waals surface area contributed by atoms with Gasteiger partial charge in [-0.15, -0.1) is 10.2 Å². The molecule has 2 aromatic heterocycles. The number of halogens is 1. The van der Waals surface area contributed by atoms with Crippen molar-refractivity contribution in [1.82, 2.24) is 19.9 Å². The first-order chi connectivity index (χ1) is 13.6. The number of benzene rings is 2. The summed E-state index contributed by atoms with van der Waals surface area (Å²) < 4.78 is 7.01. The minimum atomic E-state index is -0.180. The largest absolute Gasteiger partial charge is 0.497 e. The van der Waals surface area contributed by atoms with Crippen molar-refractivity contribution in [2.75, 3.05) is 7.11 Å². The summed E-state index contributed by atoms with van der Waals surface area (Å²) in [5, 5.41) is 12.0. The Morgan fingerprint density at radius 2 is 1.93 bits per heavy atom. The third-order valence-electron chi connectivity index (χ3n) is 4.35. The van der Waals surface area contributed by atoms with Crippen LogP contribution in [0.4, 0.5) is 0 Å². The van der Waals surface area contributed by atoms with E-state index < -0.39 is 0 Å². The van der Waals surface area contributed by atoms with Gasteiger partial charge in [-0.25, -0.2) is 0 Å². The zero-order valence-electron chi connectivity index (χ0n) is 15.1. The van der Waals surface area contributed by atoms with Crippen LogP contribution in [0.1, 0.15) is 15.9 Å². The van der Waals surface area contributed by atoms with Gasteiger partial charge in [-0.2, -0.15) is 0 Å². The number of aromatic nitrogens is 3. The quantitative estimate of drug-likeness (QED) is 0.557. The Morgan fingerprint density at radius 3 is 2.71 bits per heavy atom. The van der Waals surface area contributed by atoms with Crippen molar-refractivity contribution in [2.24, 2.45) is 0 Å². The minimum absolute atomic E-state index is 0.180. The van der Waals surface area contributed by atoms with E-state index in [1.807, 2.05) is 36.4 Å². The molecule has 6 nitrogen and oxygen atoms in total. The molecule has 0 bridgehead atoms. The number of ether oxygens (including phenoxy) is 1. The van der Waals surface area contributed by atoms with Gasteiger partial charge >= 0.3 is 0 Å². The van der Waals surface area contributed by atoms with Crippen molar-refractivity contribution in [2.45, 2.75) is 6.54 Å². The van der Waals surface area contributed by atoms with E-state index in [1.54, 1.807) is 42.0 Å². The van der Waals surface area contributed by atoms with Gasteiger partial charge in [-0.05, 0) is 54.1 Å². The number of nitrogens with one attached hydrogen (secondary N) is 1. The lowest BCUT2D eigenvalue weighted by Gasteiger charge is -2.08. The van der Waals surface area contributed by atoms with E-state index in [-0.39, 0.29) is 5.91 Å². The molecule has 140 valence electrons. The first-order valence-electron chi connectivity index (χ1n) is 8.66. The highest BCUT2D eigenvalue weighted by atomic mass is 35.5. The first kappa shape index (κ1) is 18.0. The Hall–Kier alpha value is -3.38. The van der Waals surface area contributed by atoms with Crippen LogP contribution >= 0.6 is 11.6 Å². The van der Waals surface area contributed by atoms with Crippen molar-refractivity contribution in [3.8, 4) is 17.1 Å². The summed E-state index contributed by atoms with van der Waals surface area (Å²) in [6.07, 6.45) is 1.74. The summed E-state index contributed by atoms with van der Waals surface area (Å²) in [4.78, 5) is 12.6. The highest BCUT2D eigenvalue weighted by Crippen LogP contribution is 2.21. The molecule has 0 aliphatic rings. The molecular formula is C21H17ClN4O2. The van der Waals surface area contributed by atoms with Crippen molar-refractivity contribution in [3.05, 3.63) is 83.0 Å².